The summed E-state index contributed by atoms with van der Waals surface area (Å²) in [6, 6.07) is 14.0. The standard InChI is InChI=1S/C25H28N2O3S/c1-16-13-17(10-11-21(16)30-2)14-23(28)27-12-6-5-7-18(27)15-20-19-8-3-4-9-22(19)31-24(20)25(26)29/h3-4,8-11,13,18H,5-7,12,14-15H2,1-2H3,(H2,26,29)/t18-/m1/s1. The molecule has 2 heterocycles. The molecule has 1 saturated heterocycles. The van der Waals surface area contributed by atoms with E-state index in [0.29, 0.717) is 17.7 Å². The number of nitrogens with zero attached hydrogens (tertiary/aromatic N) is 1. The van der Waals surface area contributed by atoms with Crippen molar-refractivity contribution in [2.75, 3.05) is 13.7 Å². The maximum absolute atomic E-state index is 13.3. The molecule has 1 aromatic heterocycles. The molecule has 6 heteroatoms. The number of methoxy groups -OCH3 is 1. The van der Waals surface area contributed by atoms with Gasteiger partial charge in [-0.1, -0.05) is 30.3 Å². The van der Waals surface area contributed by atoms with Crippen molar-refractivity contribution in [3.63, 3.8) is 0 Å². The average Bonchev–Trinajstić information content (AvgIpc) is 3.13. The van der Waals surface area contributed by atoms with Gasteiger partial charge in [-0.3, -0.25) is 9.59 Å². The van der Waals surface area contributed by atoms with Gasteiger partial charge in [0.2, 0.25) is 5.91 Å². The highest BCUT2D eigenvalue weighted by molar-refractivity contribution is 7.21. The van der Waals surface area contributed by atoms with E-state index in [0.717, 1.165) is 58.3 Å². The number of carbonyl (C=O) groups excluding carboxylic acids is 2. The lowest BCUT2D eigenvalue weighted by Crippen LogP contribution is -2.45. The first kappa shape index (κ1) is 21.4. The molecule has 1 atom stereocenters. The SMILES string of the molecule is COc1ccc(CC(=O)N2CCCC[C@@H]2Cc2c(C(N)=O)sc3ccccc23)cc1C. The van der Waals surface area contributed by atoms with Crippen molar-refractivity contribution in [1.29, 1.82) is 0 Å². The van der Waals surface area contributed by atoms with Crippen LogP contribution < -0.4 is 10.5 Å². The Kier molecular flexibility index (Phi) is 6.28. The molecule has 1 aliphatic heterocycles. The number of piperidine rings is 1. The van der Waals surface area contributed by atoms with Gasteiger partial charge in [-0.15, -0.1) is 11.3 Å². The summed E-state index contributed by atoms with van der Waals surface area (Å²) in [5.74, 6) is 0.573. The van der Waals surface area contributed by atoms with Crippen LogP contribution in [0.2, 0.25) is 0 Å². The van der Waals surface area contributed by atoms with Gasteiger partial charge in [0.05, 0.1) is 18.4 Å². The number of fused-ring (bicyclic) bond motifs is 1. The maximum atomic E-state index is 13.3. The van der Waals surface area contributed by atoms with Gasteiger partial charge in [0.25, 0.3) is 5.91 Å². The minimum Gasteiger partial charge on any atom is -0.496 e. The van der Waals surface area contributed by atoms with E-state index in [1.807, 2.05) is 54.3 Å². The molecule has 0 saturated carbocycles. The number of hydrogen-bond donors (Lipinski definition) is 1. The molecule has 0 bridgehead atoms. The first-order valence-electron chi connectivity index (χ1n) is 10.7. The van der Waals surface area contributed by atoms with Crippen molar-refractivity contribution in [3.05, 3.63) is 64.0 Å². The fourth-order valence-electron chi connectivity index (χ4n) is 4.60. The van der Waals surface area contributed by atoms with Crippen molar-refractivity contribution < 1.29 is 14.3 Å². The third kappa shape index (κ3) is 4.44. The summed E-state index contributed by atoms with van der Waals surface area (Å²) in [5.41, 5.74) is 8.70. The highest BCUT2D eigenvalue weighted by Gasteiger charge is 2.29. The average molecular weight is 437 g/mol. The summed E-state index contributed by atoms with van der Waals surface area (Å²) >= 11 is 1.45. The number of aryl methyl sites for hydroxylation is 1. The maximum Gasteiger partial charge on any atom is 0.259 e. The number of benzene rings is 2. The summed E-state index contributed by atoms with van der Waals surface area (Å²) in [7, 11) is 1.65. The lowest BCUT2D eigenvalue weighted by molar-refractivity contribution is -0.134. The topological polar surface area (TPSA) is 72.6 Å². The van der Waals surface area contributed by atoms with E-state index in [9.17, 15) is 9.59 Å². The van der Waals surface area contributed by atoms with Crippen LogP contribution in [0.5, 0.6) is 5.75 Å². The van der Waals surface area contributed by atoms with Gasteiger partial charge in [0.1, 0.15) is 5.75 Å². The van der Waals surface area contributed by atoms with Gasteiger partial charge < -0.3 is 15.4 Å². The molecule has 3 aromatic rings. The zero-order valence-corrected chi connectivity index (χ0v) is 18.8. The van der Waals surface area contributed by atoms with Gasteiger partial charge in [-0.25, -0.2) is 0 Å². The van der Waals surface area contributed by atoms with Crippen molar-refractivity contribution in [2.45, 2.75) is 45.1 Å². The third-order valence-corrected chi connectivity index (χ3v) is 7.35. The van der Waals surface area contributed by atoms with Crippen LogP contribution in [0.1, 0.15) is 45.6 Å². The summed E-state index contributed by atoms with van der Waals surface area (Å²) in [6.45, 7) is 2.75. The number of primary amides is 1. The Morgan fingerprint density at radius 1 is 1.19 bits per heavy atom. The summed E-state index contributed by atoms with van der Waals surface area (Å²) < 4.78 is 6.39. The third-order valence-electron chi connectivity index (χ3n) is 6.12. The minimum absolute atomic E-state index is 0.0803. The molecule has 31 heavy (non-hydrogen) atoms. The fourth-order valence-corrected chi connectivity index (χ4v) is 5.69. The van der Waals surface area contributed by atoms with Crippen LogP contribution in [-0.2, 0) is 17.6 Å². The number of amides is 2. The predicted molar refractivity (Wildman–Crippen MR) is 125 cm³/mol. The van der Waals surface area contributed by atoms with Crippen molar-refractivity contribution in [2.24, 2.45) is 5.73 Å². The zero-order chi connectivity index (χ0) is 22.0. The van der Waals surface area contributed by atoms with E-state index < -0.39 is 5.91 Å². The van der Waals surface area contributed by atoms with Crippen LogP contribution in [0.4, 0.5) is 0 Å². The van der Waals surface area contributed by atoms with Crippen LogP contribution in [-0.4, -0.2) is 36.4 Å². The Balaban J connectivity index is 1.58. The van der Waals surface area contributed by atoms with Crippen LogP contribution >= 0.6 is 11.3 Å². The number of nitrogens with two attached hydrogens (primary N) is 1. The van der Waals surface area contributed by atoms with E-state index in [4.69, 9.17) is 10.5 Å². The predicted octanol–water partition coefficient (Wildman–Crippen LogP) is 4.48. The summed E-state index contributed by atoms with van der Waals surface area (Å²) in [5, 5.41) is 1.07. The van der Waals surface area contributed by atoms with Crippen molar-refractivity contribution in [1.82, 2.24) is 4.90 Å². The normalized spacial score (nSPS) is 16.5. The van der Waals surface area contributed by atoms with Crippen molar-refractivity contribution in [3.8, 4) is 5.75 Å². The Hall–Kier alpha value is -2.86. The Morgan fingerprint density at radius 2 is 2.00 bits per heavy atom. The second kappa shape index (κ2) is 9.10. The van der Waals surface area contributed by atoms with Crippen LogP contribution in [0.15, 0.2) is 42.5 Å². The first-order chi connectivity index (χ1) is 15.0. The van der Waals surface area contributed by atoms with E-state index in [1.54, 1.807) is 7.11 Å². The Bertz CT molecular complexity index is 1120. The molecule has 0 radical (unpaired) electrons. The molecule has 1 aliphatic rings. The Morgan fingerprint density at radius 3 is 2.74 bits per heavy atom. The number of hydrogen-bond acceptors (Lipinski definition) is 4. The van der Waals surface area contributed by atoms with Gasteiger partial charge >= 0.3 is 0 Å². The molecule has 1 fully saturated rings. The fraction of sp³-hybridized carbons (Fsp3) is 0.360. The summed E-state index contributed by atoms with van der Waals surface area (Å²) in [6.07, 6.45) is 4.07. The van der Waals surface area contributed by atoms with Crippen LogP contribution in [0.25, 0.3) is 10.1 Å². The highest BCUT2D eigenvalue weighted by atomic mass is 32.1. The second-order valence-electron chi connectivity index (χ2n) is 8.19. The molecular weight excluding hydrogens is 408 g/mol. The molecule has 0 aliphatic carbocycles. The summed E-state index contributed by atoms with van der Waals surface area (Å²) in [4.78, 5) is 28.0. The van der Waals surface area contributed by atoms with Gasteiger partial charge in [0, 0.05) is 17.3 Å². The van der Waals surface area contributed by atoms with E-state index in [2.05, 4.69) is 0 Å². The highest BCUT2D eigenvalue weighted by Crippen LogP contribution is 2.34. The zero-order valence-electron chi connectivity index (χ0n) is 18.0. The molecular formula is C25H28N2O3S. The molecule has 0 spiro atoms. The van der Waals surface area contributed by atoms with Gasteiger partial charge in [-0.2, -0.15) is 0 Å². The minimum atomic E-state index is -0.390. The number of rotatable bonds is 6. The lowest BCUT2D eigenvalue weighted by Gasteiger charge is -2.36. The number of likely N-dealkylation sites (tertiary alicyclic amines) is 1. The monoisotopic (exact) mass is 436 g/mol. The molecule has 2 aromatic carbocycles. The van der Waals surface area contributed by atoms with Crippen LogP contribution in [0.3, 0.4) is 0 Å². The second-order valence-corrected chi connectivity index (χ2v) is 9.24. The number of thiophene rings is 1. The molecule has 2 N–H and O–H groups in total. The quantitative estimate of drug-likeness (QED) is 0.619. The van der Waals surface area contributed by atoms with Crippen LogP contribution in [0, 0.1) is 6.92 Å². The van der Waals surface area contributed by atoms with Crippen molar-refractivity contribution >= 4 is 33.2 Å². The molecule has 0 unspecified atom stereocenters. The smallest absolute Gasteiger partial charge is 0.259 e. The largest absolute Gasteiger partial charge is 0.496 e. The Labute approximate surface area is 186 Å². The lowest BCUT2D eigenvalue weighted by atomic mass is 9.93. The van der Waals surface area contributed by atoms with E-state index in [1.165, 1.54) is 11.3 Å². The molecule has 162 valence electrons. The molecule has 4 rings (SSSR count). The first-order valence-corrected chi connectivity index (χ1v) is 11.5. The van der Waals surface area contributed by atoms with E-state index >= 15 is 0 Å². The molecule has 2 amide bonds. The number of carbonyl (C=O) groups is 2. The van der Waals surface area contributed by atoms with Gasteiger partial charge in [0.15, 0.2) is 0 Å². The van der Waals surface area contributed by atoms with Gasteiger partial charge in [-0.05, 0) is 66.8 Å². The molecule has 5 nitrogen and oxygen atoms in total. The number of ether oxygens (including phenoxy) is 1. The van der Waals surface area contributed by atoms with E-state index in [-0.39, 0.29) is 11.9 Å².